The fourth-order valence-corrected chi connectivity index (χ4v) is 5.01. The summed E-state index contributed by atoms with van der Waals surface area (Å²) < 4.78 is 2.48. The minimum Gasteiger partial charge on any atom is -0.339 e. The predicted molar refractivity (Wildman–Crippen MR) is 131 cm³/mol. The molecule has 2 nitrogen and oxygen atoms in total. The van der Waals surface area contributed by atoms with E-state index in [9.17, 15) is 4.79 Å². The molecule has 0 aliphatic carbocycles. The lowest BCUT2D eigenvalue weighted by molar-refractivity contribution is -0.117. The number of Topliss-reactive ketones (excluding diaryl/α,β-unsaturated/α-hetero) is 1. The number of hydrogen-bond acceptors (Lipinski definition) is 2. The molecule has 0 saturated heterocycles. The van der Waals surface area contributed by atoms with Crippen molar-refractivity contribution >= 4 is 40.0 Å². The average Bonchev–Trinajstić information content (AvgIpc) is 2.92. The molecule has 0 fully saturated rings. The lowest BCUT2D eigenvalue weighted by atomic mass is 10.0. The molecule has 0 aliphatic heterocycles. The molecule has 30 heavy (non-hydrogen) atoms. The first kappa shape index (κ1) is 23.0. The van der Waals surface area contributed by atoms with Gasteiger partial charge in [0.1, 0.15) is 5.78 Å². The molecular formula is C26H32ClNOS. The van der Waals surface area contributed by atoms with Gasteiger partial charge in [-0.1, -0.05) is 64.4 Å². The zero-order chi connectivity index (χ0) is 22.1. The van der Waals surface area contributed by atoms with E-state index in [2.05, 4.69) is 69.5 Å². The third kappa shape index (κ3) is 5.50. The number of hydrogen-bond donors (Lipinski definition) is 0. The maximum Gasteiger partial charge on any atom is 0.130 e. The normalized spacial score (nSPS) is 12.1. The fraction of sp³-hybridized carbons (Fsp3) is 0.423. The van der Waals surface area contributed by atoms with Gasteiger partial charge in [0.05, 0.1) is 0 Å². The third-order valence-corrected chi connectivity index (χ3v) is 6.71. The van der Waals surface area contributed by atoms with Gasteiger partial charge in [0.2, 0.25) is 0 Å². The fourth-order valence-electron chi connectivity index (χ4n) is 3.67. The molecule has 2 aromatic carbocycles. The summed E-state index contributed by atoms with van der Waals surface area (Å²) in [5.41, 5.74) is 5.05. The molecule has 3 rings (SSSR count). The van der Waals surface area contributed by atoms with Crippen LogP contribution in [0.15, 0.2) is 47.4 Å². The van der Waals surface area contributed by atoms with E-state index in [1.807, 2.05) is 23.9 Å². The van der Waals surface area contributed by atoms with E-state index in [-0.39, 0.29) is 10.5 Å². The number of halogens is 1. The van der Waals surface area contributed by atoms with Crippen LogP contribution in [0.25, 0.3) is 10.9 Å². The van der Waals surface area contributed by atoms with Crippen molar-refractivity contribution in [2.75, 3.05) is 0 Å². The SMILES string of the molecule is CC(=O)CCc1c(SC(C)(C)C)c2cc(C(C)C)ccc2n1Cc1ccc(Cl)cc1. The van der Waals surface area contributed by atoms with Gasteiger partial charge < -0.3 is 9.36 Å². The van der Waals surface area contributed by atoms with Crippen LogP contribution in [-0.4, -0.2) is 15.1 Å². The summed E-state index contributed by atoms with van der Waals surface area (Å²) >= 11 is 8.01. The van der Waals surface area contributed by atoms with Crippen LogP contribution in [0.5, 0.6) is 0 Å². The second-order valence-electron chi connectivity index (χ2n) is 9.34. The Balaban J connectivity index is 2.22. The van der Waals surface area contributed by atoms with E-state index in [1.165, 1.54) is 32.6 Å². The van der Waals surface area contributed by atoms with E-state index >= 15 is 0 Å². The Morgan fingerprint density at radius 2 is 1.77 bits per heavy atom. The number of aromatic nitrogens is 1. The van der Waals surface area contributed by atoms with Gasteiger partial charge in [0, 0.05) is 44.2 Å². The van der Waals surface area contributed by atoms with Gasteiger partial charge in [-0.25, -0.2) is 0 Å². The minimum atomic E-state index is 0.0815. The van der Waals surface area contributed by atoms with E-state index in [4.69, 9.17) is 11.6 Å². The number of fused-ring (bicyclic) bond motifs is 1. The standard InChI is InChI=1S/C26H32ClNOS/c1-17(2)20-10-14-23-22(15-20)25(30-26(4,5)6)24(13-7-18(3)29)28(23)16-19-8-11-21(27)12-9-19/h8-12,14-15,17H,7,13,16H2,1-6H3. The number of thioether (sulfide) groups is 1. The summed E-state index contributed by atoms with van der Waals surface area (Å²) in [6.07, 6.45) is 1.32. The molecule has 1 heterocycles. The minimum absolute atomic E-state index is 0.0815. The first-order valence-electron chi connectivity index (χ1n) is 10.6. The van der Waals surface area contributed by atoms with Crippen molar-refractivity contribution < 1.29 is 4.79 Å². The van der Waals surface area contributed by atoms with Crippen LogP contribution in [0.1, 0.15) is 70.7 Å². The van der Waals surface area contributed by atoms with Crippen molar-refractivity contribution in [3.63, 3.8) is 0 Å². The van der Waals surface area contributed by atoms with Gasteiger partial charge in [-0.2, -0.15) is 0 Å². The number of benzene rings is 2. The highest BCUT2D eigenvalue weighted by atomic mass is 35.5. The van der Waals surface area contributed by atoms with Crippen LogP contribution in [0.3, 0.4) is 0 Å². The third-order valence-electron chi connectivity index (χ3n) is 5.19. The number of carbonyl (C=O) groups is 1. The van der Waals surface area contributed by atoms with Crippen molar-refractivity contribution in [1.29, 1.82) is 0 Å². The van der Waals surface area contributed by atoms with Crippen molar-refractivity contribution in [3.05, 3.63) is 64.3 Å². The van der Waals surface area contributed by atoms with Crippen molar-refractivity contribution in [2.24, 2.45) is 0 Å². The van der Waals surface area contributed by atoms with E-state index in [1.54, 1.807) is 6.92 Å². The number of ketones is 1. The molecule has 4 heteroatoms. The van der Waals surface area contributed by atoms with Crippen molar-refractivity contribution in [2.45, 2.75) is 76.5 Å². The monoisotopic (exact) mass is 441 g/mol. The summed E-state index contributed by atoms with van der Waals surface area (Å²) in [5.74, 6) is 0.704. The highest BCUT2D eigenvalue weighted by Gasteiger charge is 2.23. The van der Waals surface area contributed by atoms with E-state index in [0.717, 1.165) is 18.0 Å². The molecule has 0 N–H and O–H groups in total. The molecule has 160 valence electrons. The van der Waals surface area contributed by atoms with Crippen LogP contribution < -0.4 is 0 Å². The van der Waals surface area contributed by atoms with Gasteiger partial charge in [0.25, 0.3) is 0 Å². The smallest absolute Gasteiger partial charge is 0.130 e. The van der Waals surface area contributed by atoms with Gasteiger partial charge >= 0.3 is 0 Å². The Morgan fingerprint density at radius 3 is 2.33 bits per heavy atom. The lowest BCUT2D eigenvalue weighted by Gasteiger charge is -2.19. The van der Waals surface area contributed by atoms with E-state index in [0.29, 0.717) is 12.3 Å². The average molecular weight is 442 g/mol. The van der Waals surface area contributed by atoms with Crippen molar-refractivity contribution in [1.82, 2.24) is 4.57 Å². The highest BCUT2D eigenvalue weighted by molar-refractivity contribution is 8.00. The van der Waals surface area contributed by atoms with Gasteiger partial charge in [-0.3, -0.25) is 0 Å². The van der Waals surface area contributed by atoms with Crippen LogP contribution in [-0.2, 0) is 17.8 Å². The van der Waals surface area contributed by atoms with Gasteiger partial charge in [-0.05, 0) is 54.7 Å². The summed E-state index contributed by atoms with van der Waals surface area (Å²) in [6.45, 7) is 13.7. The molecule has 0 saturated carbocycles. The zero-order valence-corrected chi connectivity index (χ0v) is 20.5. The van der Waals surface area contributed by atoms with Gasteiger partial charge in [-0.15, -0.1) is 11.8 Å². The van der Waals surface area contributed by atoms with Gasteiger partial charge in [0.15, 0.2) is 0 Å². The van der Waals surface area contributed by atoms with Crippen LogP contribution in [0, 0.1) is 0 Å². The molecule has 1 aromatic heterocycles. The Hall–Kier alpha value is -1.71. The number of nitrogens with zero attached hydrogens (tertiary/aromatic N) is 1. The van der Waals surface area contributed by atoms with E-state index < -0.39 is 0 Å². The Labute approximate surface area is 190 Å². The molecule has 0 radical (unpaired) electrons. The van der Waals surface area contributed by atoms with Crippen LogP contribution in [0.4, 0.5) is 0 Å². The molecule has 0 spiro atoms. The molecule has 0 aliphatic rings. The molecule has 0 atom stereocenters. The summed E-state index contributed by atoms with van der Waals surface area (Å²) in [4.78, 5) is 13.2. The first-order valence-corrected chi connectivity index (χ1v) is 11.8. The van der Waals surface area contributed by atoms with Crippen LogP contribution >= 0.6 is 23.4 Å². The quantitative estimate of drug-likeness (QED) is 0.348. The zero-order valence-electron chi connectivity index (χ0n) is 18.9. The molecule has 0 unspecified atom stereocenters. The van der Waals surface area contributed by atoms with Crippen molar-refractivity contribution in [3.8, 4) is 0 Å². The highest BCUT2D eigenvalue weighted by Crippen LogP contribution is 2.42. The molecule has 3 aromatic rings. The maximum atomic E-state index is 11.8. The number of rotatable bonds is 7. The summed E-state index contributed by atoms with van der Waals surface area (Å²) in [6, 6.07) is 14.9. The maximum absolute atomic E-state index is 11.8. The Kier molecular flexibility index (Phi) is 7.04. The largest absolute Gasteiger partial charge is 0.339 e. The first-order chi connectivity index (χ1) is 14.0. The molecule has 0 bridgehead atoms. The second-order valence-corrected chi connectivity index (χ2v) is 11.6. The Bertz CT molecular complexity index is 1040. The Morgan fingerprint density at radius 1 is 1.10 bits per heavy atom. The molecular weight excluding hydrogens is 410 g/mol. The lowest BCUT2D eigenvalue weighted by Crippen LogP contribution is -2.10. The van der Waals surface area contributed by atoms with Crippen LogP contribution in [0.2, 0.25) is 5.02 Å². The second kappa shape index (κ2) is 9.20. The summed E-state index contributed by atoms with van der Waals surface area (Å²) in [7, 11) is 0. The summed E-state index contributed by atoms with van der Waals surface area (Å²) in [5, 5.41) is 2.05. The number of carbonyl (C=O) groups excluding carboxylic acids is 1. The predicted octanol–water partition coefficient (Wildman–Crippen LogP) is 7.88. The molecule has 0 amide bonds. The topological polar surface area (TPSA) is 22.0 Å².